The number of benzene rings is 2. The van der Waals surface area contributed by atoms with Crippen LogP contribution in [0.2, 0.25) is 0 Å². The van der Waals surface area contributed by atoms with E-state index >= 15 is 0 Å². The second-order valence-corrected chi connectivity index (χ2v) is 10.5. The fourth-order valence-electron chi connectivity index (χ4n) is 3.10. The third-order valence-electron chi connectivity index (χ3n) is 4.51. The van der Waals surface area contributed by atoms with Crippen molar-refractivity contribution in [3.63, 3.8) is 0 Å². The lowest BCUT2D eigenvalue weighted by molar-refractivity contribution is -0.118. The van der Waals surface area contributed by atoms with Crippen molar-refractivity contribution in [2.24, 2.45) is 0 Å². The van der Waals surface area contributed by atoms with Gasteiger partial charge in [0.05, 0.1) is 16.6 Å². The Morgan fingerprint density at radius 2 is 1.87 bits per heavy atom. The molecule has 0 atom stereocenters. The fourth-order valence-corrected chi connectivity index (χ4v) is 4.97. The Labute approximate surface area is 186 Å². The van der Waals surface area contributed by atoms with Crippen molar-refractivity contribution in [1.29, 1.82) is 0 Å². The number of amides is 1. The highest BCUT2D eigenvalue weighted by Crippen LogP contribution is 2.30. The normalized spacial score (nSPS) is 11.6. The number of thioether (sulfide) groups is 1. The molecular weight excluding hydrogens is 417 g/mol. The number of anilines is 1. The van der Waals surface area contributed by atoms with Crippen molar-refractivity contribution in [2.75, 3.05) is 32.1 Å². The highest BCUT2D eigenvalue weighted by Gasteiger charge is 2.20. The number of carbonyl (C=O) groups is 1. The molecule has 0 spiro atoms. The molecule has 4 nitrogen and oxygen atoms in total. The van der Waals surface area contributed by atoms with Crippen LogP contribution in [0, 0.1) is 5.82 Å². The highest BCUT2D eigenvalue weighted by molar-refractivity contribution is 7.99. The number of halogens is 1. The Bertz CT molecular complexity index is 986. The number of aromatic nitrogens is 1. The van der Waals surface area contributed by atoms with Crippen LogP contribution in [0.5, 0.6) is 0 Å². The lowest BCUT2D eigenvalue weighted by Gasteiger charge is -2.21. The van der Waals surface area contributed by atoms with Crippen molar-refractivity contribution >= 4 is 44.4 Å². The van der Waals surface area contributed by atoms with E-state index in [1.807, 2.05) is 38.0 Å². The Kier molecular flexibility index (Phi) is 7.86. The van der Waals surface area contributed by atoms with Gasteiger partial charge in [0.1, 0.15) is 5.82 Å². The molecule has 0 radical (unpaired) electrons. The third kappa shape index (κ3) is 6.27. The Morgan fingerprint density at radius 3 is 2.53 bits per heavy atom. The van der Waals surface area contributed by atoms with Crippen LogP contribution in [0.15, 0.2) is 47.4 Å². The van der Waals surface area contributed by atoms with Gasteiger partial charge in [-0.3, -0.25) is 9.69 Å². The van der Waals surface area contributed by atoms with Crippen LogP contribution < -0.4 is 4.90 Å². The number of nitrogens with zero attached hydrogens (tertiary/aromatic N) is 3. The monoisotopic (exact) mass is 445 g/mol. The standard InChI is InChI=1S/C23H28FN3OS2/c1-16(2)29-19-9-6-17(7-10-19)14-22(28)27(13-5-12-26(3)4)23-25-20-11-8-18(24)15-21(20)30-23/h6-11,15-16H,5,12-14H2,1-4H3. The van der Waals surface area contributed by atoms with Crippen molar-refractivity contribution in [3.05, 3.63) is 53.8 Å². The number of fused-ring (bicyclic) bond motifs is 1. The largest absolute Gasteiger partial charge is 0.309 e. The molecule has 1 amide bonds. The van der Waals surface area contributed by atoms with Crippen LogP contribution in [0.4, 0.5) is 9.52 Å². The van der Waals surface area contributed by atoms with Gasteiger partial charge < -0.3 is 4.90 Å². The van der Waals surface area contributed by atoms with Gasteiger partial charge in [-0.1, -0.05) is 37.3 Å². The first-order chi connectivity index (χ1) is 14.3. The summed E-state index contributed by atoms with van der Waals surface area (Å²) in [6, 6.07) is 12.7. The van der Waals surface area contributed by atoms with E-state index in [4.69, 9.17) is 0 Å². The first-order valence-corrected chi connectivity index (χ1v) is 11.8. The topological polar surface area (TPSA) is 36.4 Å². The van der Waals surface area contributed by atoms with Crippen LogP contribution in [0.3, 0.4) is 0 Å². The molecule has 160 valence electrons. The highest BCUT2D eigenvalue weighted by atomic mass is 32.2. The fraction of sp³-hybridized carbons (Fsp3) is 0.391. The minimum atomic E-state index is -0.289. The summed E-state index contributed by atoms with van der Waals surface area (Å²) in [6.07, 6.45) is 1.16. The van der Waals surface area contributed by atoms with Gasteiger partial charge in [0.2, 0.25) is 5.91 Å². The smallest absolute Gasteiger partial charge is 0.233 e. The molecular formula is C23H28FN3OS2. The number of thiazole rings is 1. The van der Waals surface area contributed by atoms with Crippen LogP contribution in [-0.4, -0.2) is 48.2 Å². The summed E-state index contributed by atoms with van der Waals surface area (Å²) >= 11 is 3.17. The molecule has 0 saturated carbocycles. The molecule has 3 rings (SSSR count). The molecule has 3 aromatic rings. The lowest BCUT2D eigenvalue weighted by Crippen LogP contribution is -2.34. The maximum absolute atomic E-state index is 13.6. The van der Waals surface area contributed by atoms with E-state index in [0.29, 0.717) is 23.3 Å². The van der Waals surface area contributed by atoms with Gasteiger partial charge in [-0.15, -0.1) is 11.8 Å². The summed E-state index contributed by atoms with van der Waals surface area (Å²) in [7, 11) is 4.03. The number of carbonyl (C=O) groups excluding carboxylic acids is 1. The molecule has 1 aromatic heterocycles. The van der Waals surface area contributed by atoms with Crippen molar-refractivity contribution < 1.29 is 9.18 Å². The predicted octanol–water partition coefficient (Wildman–Crippen LogP) is 5.46. The van der Waals surface area contributed by atoms with Crippen LogP contribution in [0.25, 0.3) is 10.2 Å². The predicted molar refractivity (Wildman–Crippen MR) is 126 cm³/mol. The molecule has 0 unspecified atom stereocenters. The third-order valence-corrected chi connectivity index (χ3v) is 6.57. The zero-order chi connectivity index (χ0) is 21.7. The van der Waals surface area contributed by atoms with Gasteiger partial charge >= 0.3 is 0 Å². The molecule has 0 aliphatic heterocycles. The second kappa shape index (κ2) is 10.4. The first kappa shape index (κ1) is 22.7. The van der Waals surface area contributed by atoms with E-state index in [1.54, 1.807) is 11.0 Å². The Morgan fingerprint density at radius 1 is 1.13 bits per heavy atom. The van der Waals surface area contributed by atoms with Gasteiger partial charge in [-0.2, -0.15) is 0 Å². The van der Waals surface area contributed by atoms with Gasteiger partial charge in [-0.05, 0) is 63.0 Å². The maximum Gasteiger partial charge on any atom is 0.233 e. The van der Waals surface area contributed by atoms with E-state index in [2.05, 4.69) is 35.9 Å². The first-order valence-electron chi connectivity index (χ1n) is 10.1. The zero-order valence-corrected chi connectivity index (χ0v) is 19.5. The number of hydrogen-bond acceptors (Lipinski definition) is 5. The van der Waals surface area contributed by atoms with E-state index in [9.17, 15) is 9.18 Å². The van der Waals surface area contributed by atoms with E-state index in [-0.39, 0.29) is 11.7 Å². The molecule has 0 aliphatic rings. The molecule has 1 heterocycles. The Hall–Kier alpha value is -1.96. The van der Waals surface area contributed by atoms with Gasteiger partial charge in [-0.25, -0.2) is 9.37 Å². The summed E-state index contributed by atoms with van der Waals surface area (Å²) in [5.41, 5.74) is 1.70. The Balaban J connectivity index is 1.78. The van der Waals surface area contributed by atoms with Crippen LogP contribution >= 0.6 is 23.1 Å². The van der Waals surface area contributed by atoms with Gasteiger partial charge in [0, 0.05) is 16.7 Å². The van der Waals surface area contributed by atoms with E-state index < -0.39 is 0 Å². The minimum absolute atomic E-state index is 0.0116. The summed E-state index contributed by atoms with van der Waals surface area (Å²) in [4.78, 5) is 22.9. The number of rotatable bonds is 9. The number of hydrogen-bond donors (Lipinski definition) is 0. The average molecular weight is 446 g/mol. The maximum atomic E-state index is 13.6. The molecule has 0 saturated heterocycles. The van der Waals surface area contributed by atoms with Crippen LogP contribution in [0.1, 0.15) is 25.8 Å². The summed E-state index contributed by atoms with van der Waals surface area (Å²) < 4.78 is 14.3. The quantitative estimate of drug-likeness (QED) is 0.410. The van der Waals surface area contributed by atoms with Gasteiger partial charge in [0.15, 0.2) is 5.13 Å². The van der Waals surface area contributed by atoms with Crippen molar-refractivity contribution in [1.82, 2.24) is 9.88 Å². The average Bonchev–Trinajstić information content (AvgIpc) is 3.08. The molecule has 2 aromatic carbocycles. The van der Waals surface area contributed by atoms with Crippen LogP contribution in [-0.2, 0) is 11.2 Å². The summed E-state index contributed by atoms with van der Waals surface area (Å²) in [6.45, 7) is 5.79. The molecule has 30 heavy (non-hydrogen) atoms. The second-order valence-electron chi connectivity index (χ2n) is 7.80. The minimum Gasteiger partial charge on any atom is -0.309 e. The van der Waals surface area contributed by atoms with Gasteiger partial charge in [0.25, 0.3) is 0 Å². The summed E-state index contributed by atoms with van der Waals surface area (Å²) in [5, 5.41) is 1.15. The van der Waals surface area contributed by atoms with Crippen molar-refractivity contribution in [2.45, 2.75) is 36.8 Å². The molecule has 0 N–H and O–H groups in total. The summed E-state index contributed by atoms with van der Waals surface area (Å²) in [5.74, 6) is -0.278. The van der Waals surface area contributed by atoms with E-state index in [1.165, 1.54) is 28.4 Å². The molecule has 0 aliphatic carbocycles. The lowest BCUT2D eigenvalue weighted by atomic mass is 10.1. The zero-order valence-electron chi connectivity index (χ0n) is 17.9. The molecule has 0 fully saturated rings. The molecule has 0 bridgehead atoms. The van der Waals surface area contributed by atoms with Crippen molar-refractivity contribution in [3.8, 4) is 0 Å². The SMILES string of the molecule is CC(C)Sc1ccc(CC(=O)N(CCCN(C)C)c2nc3ccc(F)cc3s2)cc1. The van der Waals surface area contributed by atoms with E-state index in [0.717, 1.165) is 28.7 Å². The molecule has 7 heteroatoms.